The van der Waals surface area contributed by atoms with E-state index >= 15 is 0 Å². The summed E-state index contributed by atoms with van der Waals surface area (Å²) in [5.74, 6) is 0.710. The number of hydrogen-bond acceptors (Lipinski definition) is 4. The summed E-state index contributed by atoms with van der Waals surface area (Å²) in [6.45, 7) is 4.13. The van der Waals surface area contributed by atoms with Crippen LogP contribution in [0.1, 0.15) is 31.9 Å². The van der Waals surface area contributed by atoms with Gasteiger partial charge in [0.15, 0.2) is 5.75 Å². The second kappa shape index (κ2) is 7.18. The van der Waals surface area contributed by atoms with Gasteiger partial charge in [-0.2, -0.15) is 0 Å². The van der Waals surface area contributed by atoms with Gasteiger partial charge >= 0.3 is 5.69 Å². The van der Waals surface area contributed by atoms with E-state index in [1.807, 2.05) is 0 Å². The number of halogens is 1. The lowest BCUT2D eigenvalue weighted by Crippen LogP contribution is -2.13. The molecule has 0 bridgehead atoms. The Morgan fingerprint density at radius 1 is 1.44 bits per heavy atom. The SMILES string of the molecule is COc1ccc([C@H](N)CC(C)C)cc1[N+](=O)[O-].Cl. The first kappa shape index (κ1) is 16.7. The van der Waals surface area contributed by atoms with Crippen molar-refractivity contribution in [3.63, 3.8) is 0 Å². The van der Waals surface area contributed by atoms with E-state index in [0.717, 1.165) is 12.0 Å². The van der Waals surface area contributed by atoms with Gasteiger partial charge in [-0.15, -0.1) is 12.4 Å². The first-order chi connectivity index (χ1) is 7.95. The van der Waals surface area contributed by atoms with Gasteiger partial charge in [-0.1, -0.05) is 19.9 Å². The van der Waals surface area contributed by atoms with Crippen LogP contribution in [0.3, 0.4) is 0 Å². The van der Waals surface area contributed by atoms with Crippen LogP contribution in [0.4, 0.5) is 5.69 Å². The average molecular weight is 275 g/mol. The molecule has 18 heavy (non-hydrogen) atoms. The lowest BCUT2D eigenvalue weighted by atomic mass is 9.97. The molecule has 2 N–H and O–H groups in total. The summed E-state index contributed by atoms with van der Waals surface area (Å²) in [5.41, 5.74) is 6.72. The number of nitrogens with two attached hydrogens (primary N) is 1. The van der Waals surface area contributed by atoms with Gasteiger partial charge in [0.05, 0.1) is 12.0 Å². The normalized spacial score (nSPS) is 11.8. The van der Waals surface area contributed by atoms with Crippen LogP contribution in [0.25, 0.3) is 0 Å². The average Bonchev–Trinajstić information content (AvgIpc) is 2.27. The van der Waals surface area contributed by atoms with E-state index in [1.54, 1.807) is 12.1 Å². The van der Waals surface area contributed by atoms with Crippen molar-refractivity contribution >= 4 is 18.1 Å². The van der Waals surface area contributed by atoms with Crippen molar-refractivity contribution in [1.82, 2.24) is 0 Å². The summed E-state index contributed by atoms with van der Waals surface area (Å²) >= 11 is 0. The molecule has 0 aliphatic carbocycles. The van der Waals surface area contributed by atoms with E-state index < -0.39 is 4.92 Å². The van der Waals surface area contributed by atoms with Crippen LogP contribution in [0.5, 0.6) is 5.75 Å². The van der Waals surface area contributed by atoms with Gasteiger partial charge in [-0.25, -0.2) is 0 Å². The molecule has 0 radical (unpaired) electrons. The van der Waals surface area contributed by atoms with Gasteiger partial charge in [-0.3, -0.25) is 10.1 Å². The number of nitro benzene ring substituents is 1. The highest BCUT2D eigenvalue weighted by atomic mass is 35.5. The number of nitrogens with zero attached hydrogens (tertiary/aromatic N) is 1. The molecule has 102 valence electrons. The second-order valence-corrected chi connectivity index (χ2v) is 4.42. The van der Waals surface area contributed by atoms with Crippen LogP contribution in [-0.2, 0) is 0 Å². The molecule has 0 unspecified atom stereocenters. The van der Waals surface area contributed by atoms with Crippen molar-refractivity contribution in [1.29, 1.82) is 0 Å². The molecule has 0 heterocycles. The fourth-order valence-electron chi connectivity index (χ4n) is 1.72. The van der Waals surface area contributed by atoms with Crippen molar-refractivity contribution < 1.29 is 9.66 Å². The van der Waals surface area contributed by atoms with E-state index in [4.69, 9.17) is 10.5 Å². The number of methoxy groups -OCH3 is 1. The molecule has 0 aromatic heterocycles. The Kier molecular flexibility index (Phi) is 6.65. The standard InChI is InChI=1S/C12H18N2O3.ClH/c1-8(2)6-10(13)9-4-5-12(17-3)11(7-9)14(15)16;/h4-5,7-8,10H,6,13H2,1-3H3;1H/t10-;/m1./s1. The lowest BCUT2D eigenvalue weighted by molar-refractivity contribution is -0.385. The van der Waals surface area contributed by atoms with Gasteiger partial charge in [0.25, 0.3) is 0 Å². The maximum absolute atomic E-state index is 10.9. The molecule has 0 fully saturated rings. The van der Waals surface area contributed by atoms with E-state index in [1.165, 1.54) is 13.2 Å². The highest BCUT2D eigenvalue weighted by molar-refractivity contribution is 5.85. The quantitative estimate of drug-likeness (QED) is 0.661. The molecule has 5 nitrogen and oxygen atoms in total. The summed E-state index contributed by atoms with van der Waals surface area (Å²) in [6.07, 6.45) is 0.795. The molecule has 1 atom stereocenters. The van der Waals surface area contributed by atoms with E-state index in [-0.39, 0.29) is 29.9 Å². The highest BCUT2D eigenvalue weighted by Gasteiger charge is 2.18. The van der Waals surface area contributed by atoms with Crippen molar-refractivity contribution in [2.45, 2.75) is 26.3 Å². The van der Waals surface area contributed by atoms with Gasteiger partial charge in [0.2, 0.25) is 0 Å². The second-order valence-electron chi connectivity index (χ2n) is 4.42. The maximum atomic E-state index is 10.9. The van der Waals surface area contributed by atoms with Crippen molar-refractivity contribution in [2.75, 3.05) is 7.11 Å². The summed E-state index contributed by atoms with van der Waals surface area (Å²) in [4.78, 5) is 10.4. The maximum Gasteiger partial charge on any atom is 0.311 e. The fraction of sp³-hybridized carbons (Fsp3) is 0.500. The third-order valence-electron chi connectivity index (χ3n) is 2.55. The molecular formula is C12H19ClN2O3. The summed E-state index contributed by atoms with van der Waals surface area (Å²) < 4.78 is 4.94. The summed E-state index contributed by atoms with van der Waals surface area (Å²) in [5, 5.41) is 10.9. The molecule has 0 amide bonds. The van der Waals surface area contributed by atoms with Gasteiger partial charge in [0.1, 0.15) is 0 Å². The molecule has 1 rings (SSSR count). The third-order valence-corrected chi connectivity index (χ3v) is 2.55. The Bertz CT molecular complexity index is 410. The van der Waals surface area contributed by atoms with Crippen LogP contribution in [0.15, 0.2) is 18.2 Å². The van der Waals surface area contributed by atoms with E-state index in [0.29, 0.717) is 5.92 Å². The minimum Gasteiger partial charge on any atom is -0.490 e. The molecular weight excluding hydrogens is 256 g/mol. The predicted octanol–water partition coefficient (Wildman–Crippen LogP) is 3.07. The van der Waals surface area contributed by atoms with Crippen molar-refractivity contribution in [3.05, 3.63) is 33.9 Å². The predicted molar refractivity (Wildman–Crippen MR) is 73.3 cm³/mol. The number of benzene rings is 1. The van der Waals surface area contributed by atoms with Gasteiger partial charge < -0.3 is 10.5 Å². The Hall–Kier alpha value is -1.33. The number of ether oxygens (including phenoxy) is 1. The zero-order valence-corrected chi connectivity index (χ0v) is 11.6. The molecule has 0 aliphatic heterocycles. The Morgan fingerprint density at radius 3 is 2.50 bits per heavy atom. The largest absolute Gasteiger partial charge is 0.490 e. The molecule has 1 aromatic carbocycles. The Labute approximate surface area is 113 Å². The van der Waals surface area contributed by atoms with Crippen LogP contribution in [-0.4, -0.2) is 12.0 Å². The number of hydrogen-bond donors (Lipinski definition) is 1. The smallest absolute Gasteiger partial charge is 0.311 e. The Morgan fingerprint density at radius 2 is 2.06 bits per heavy atom. The van der Waals surface area contributed by atoms with Crippen LogP contribution in [0, 0.1) is 16.0 Å². The molecule has 6 heteroatoms. The zero-order valence-electron chi connectivity index (χ0n) is 10.8. The van der Waals surface area contributed by atoms with E-state index in [2.05, 4.69) is 13.8 Å². The highest BCUT2D eigenvalue weighted by Crippen LogP contribution is 2.30. The molecule has 0 saturated heterocycles. The topological polar surface area (TPSA) is 78.4 Å². The summed E-state index contributed by atoms with van der Waals surface area (Å²) in [7, 11) is 1.41. The fourth-order valence-corrected chi connectivity index (χ4v) is 1.72. The van der Waals surface area contributed by atoms with Crippen LogP contribution < -0.4 is 10.5 Å². The molecule has 0 aliphatic rings. The first-order valence-corrected chi connectivity index (χ1v) is 5.53. The first-order valence-electron chi connectivity index (χ1n) is 5.53. The third kappa shape index (κ3) is 4.16. The lowest BCUT2D eigenvalue weighted by Gasteiger charge is -2.14. The Balaban J connectivity index is 0.00000289. The molecule has 0 saturated carbocycles. The van der Waals surface area contributed by atoms with Crippen molar-refractivity contribution in [3.8, 4) is 5.75 Å². The zero-order chi connectivity index (χ0) is 13.0. The monoisotopic (exact) mass is 274 g/mol. The van der Waals surface area contributed by atoms with Gasteiger partial charge in [0, 0.05) is 12.1 Å². The van der Waals surface area contributed by atoms with Crippen LogP contribution in [0.2, 0.25) is 0 Å². The number of rotatable bonds is 5. The van der Waals surface area contributed by atoms with Crippen LogP contribution >= 0.6 is 12.4 Å². The minimum atomic E-state index is -0.454. The minimum absolute atomic E-state index is 0. The number of nitro groups is 1. The molecule has 1 aromatic rings. The molecule has 0 spiro atoms. The van der Waals surface area contributed by atoms with Crippen molar-refractivity contribution in [2.24, 2.45) is 11.7 Å². The van der Waals surface area contributed by atoms with Gasteiger partial charge in [-0.05, 0) is 24.0 Å². The summed E-state index contributed by atoms with van der Waals surface area (Å²) in [6, 6.07) is 4.68. The van der Waals surface area contributed by atoms with E-state index in [9.17, 15) is 10.1 Å².